The van der Waals surface area contributed by atoms with Gasteiger partial charge in [0.05, 0.1) is 13.2 Å². The summed E-state index contributed by atoms with van der Waals surface area (Å²) in [6, 6.07) is 0.535. The van der Waals surface area contributed by atoms with E-state index in [1.165, 1.54) is 12.8 Å². The molecule has 5 heteroatoms. The first-order valence-electron chi connectivity index (χ1n) is 7.34. The average Bonchev–Trinajstić information content (AvgIpc) is 3.19. The van der Waals surface area contributed by atoms with E-state index >= 15 is 0 Å². The van der Waals surface area contributed by atoms with Crippen LogP contribution in [0, 0.1) is 0 Å². The molecule has 0 aliphatic heterocycles. The van der Waals surface area contributed by atoms with Crippen LogP contribution >= 0.6 is 0 Å². The SMILES string of the molecule is CCOC(=O)CN(CCC(OCC)OCC)C1CC1. The van der Waals surface area contributed by atoms with Crippen LogP contribution in [-0.2, 0) is 19.0 Å². The predicted molar refractivity (Wildman–Crippen MR) is 72.9 cm³/mol. The molecule has 0 atom stereocenters. The number of rotatable bonds is 11. The third kappa shape index (κ3) is 6.89. The van der Waals surface area contributed by atoms with Crippen molar-refractivity contribution in [3.05, 3.63) is 0 Å². The molecule has 0 spiro atoms. The number of ether oxygens (including phenoxy) is 3. The molecule has 5 nitrogen and oxygen atoms in total. The van der Waals surface area contributed by atoms with Gasteiger partial charge in [0, 0.05) is 32.2 Å². The molecule has 19 heavy (non-hydrogen) atoms. The van der Waals surface area contributed by atoms with E-state index in [0.717, 1.165) is 13.0 Å². The van der Waals surface area contributed by atoms with Gasteiger partial charge in [-0.15, -0.1) is 0 Å². The van der Waals surface area contributed by atoms with Gasteiger partial charge in [0.1, 0.15) is 0 Å². The van der Waals surface area contributed by atoms with Crippen molar-refractivity contribution in [2.45, 2.75) is 52.4 Å². The fraction of sp³-hybridized carbons (Fsp3) is 0.929. The molecule has 1 aliphatic carbocycles. The minimum Gasteiger partial charge on any atom is -0.465 e. The van der Waals surface area contributed by atoms with Gasteiger partial charge >= 0.3 is 5.97 Å². The molecule has 0 unspecified atom stereocenters. The summed E-state index contributed by atoms with van der Waals surface area (Å²) in [6.45, 7) is 8.68. The maximum Gasteiger partial charge on any atom is 0.320 e. The van der Waals surface area contributed by atoms with E-state index in [1.54, 1.807) is 0 Å². The zero-order valence-electron chi connectivity index (χ0n) is 12.4. The van der Waals surface area contributed by atoms with E-state index < -0.39 is 0 Å². The van der Waals surface area contributed by atoms with E-state index in [1.807, 2.05) is 20.8 Å². The van der Waals surface area contributed by atoms with Crippen LogP contribution in [0.5, 0.6) is 0 Å². The van der Waals surface area contributed by atoms with Crippen molar-refractivity contribution in [3.63, 3.8) is 0 Å². The quantitative estimate of drug-likeness (QED) is 0.424. The lowest BCUT2D eigenvalue weighted by molar-refractivity contribution is -0.149. The van der Waals surface area contributed by atoms with E-state index in [4.69, 9.17) is 14.2 Å². The first-order valence-corrected chi connectivity index (χ1v) is 7.34. The van der Waals surface area contributed by atoms with Crippen molar-refractivity contribution < 1.29 is 19.0 Å². The molecule has 1 rings (SSSR count). The summed E-state index contributed by atoms with van der Waals surface area (Å²) in [5.41, 5.74) is 0. The van der Waals surface area contributed by atoms with Crippen molar-refractivity contribution in [3.8, 4) is 0 Å². The van der Waals surface area contributed by atoms with Gasteiger partial charge in [-0.05, 0) is 33.6 Å². The van der Waals surface area contributed by atoms with Crippen molar-refractivity contribution >= 4 is 5.97 Å². The van der Waals surface area contributed by atoms with E-state index in [0.29, 0.717) is 32.4 Å². The van der Waals surface area contributed by atoms with Gasteiger partial charge < -0.3 is 14.2 Å². The molecule has 1 fully saturated rings. The smallest absolute Gasteiger partial charge is 0.320 e. The van der Waals surface area contributed by atoms with Crippen molar-refractivity contribution in [1.29, 1.82) is 0 Å². The van der Waals surface area contributed by atoms with Crippen LogP contribution in [0.2, 0.25) is 0 Å². The summed E-state index contributed by atoms with van der Waals surface area (Å²) in [7, 11) is 0. The molecule has 0 aromatic rings. The lowest BCUT2D eigenvalue weighted by atomic mass is 10.3. The van der Waals surface area contributed by atoms with Gasteiger partial charge in [0.25, 0.3) is 0 Å². The molecule has 0 aromatic carbocycles. The second kappa shape index (κ2) is 9.28. The Hall–Kier alpha value is -0.650. The summed E-state index contributed by atoms with van der Waals surface area (Å²) >= 11 is 0. The lowest BCUT2D eigenvalue weighted by Crippen LogP contribution is -2.36. The Balaban J connectivity index is 2.33. The molecule has 0 heterocycles. The van der Waals surface area contributed by atoms with Gasteiger partial charge in [-0.2, -0.15) is 0 Å². The second-order valence-corrected chi connectivity index (χ2v) is 4.64. The molecule has 112 valence electrons. The third-order valence-electron chi connectivity index (χ3n) is 3.06. The maximum absolute atomic E-state index is 11.6. The van der Waals surface area contributed by atoms with Crippen molar-refractivity contribution in [2.75, 3.05) is 32.9 Å². The minimum absolute atomic E-state index is 0.140. The third-order valence-corrected chi connectivity index (χ3v) is 3.06. The zero-order chi connectivity index (χ0) is 14.1. The van der Waals surface area contributed by atoms with Gasteiger partial charge in [-0.3, -0.25) is 9.69 Å². The highest BCUT2D eigenvalue weighted by Gasteiger charge is 2.30. The predicted octanol–water partition coefficient (Wildman–Crippen LogP) is 1.80. The van der Waals surface area contributed by atoms with Gasteiger partial charge in [0.15, 0.2) is 6.29 Å². The Morgan fingerprint density at radius 2 is 1.79 bits per heavy atom. The topological polar surface area (TPSA) is 48.0 Å². The summed E-state index contributed by atoms with van der Waals surface area (Å²) in [4.78, 5) is 13.7. The fourth-order valence-corrected chi connectivity index (χ4v) is 2.06. The summed E-state index contributed by atoms with van der Waals surface area (Å²) in [5.74, 6) is -0.140. The van der Waals surface area contributed by atoms with Crippen LogP contribution in [-0.4, -0.2) is 56.1 Å². The van der Waals surface area contributed by atoms with Gasteiger partial charge in [0.2, 0.25) is 0 Å². The van der Waals surface area contributed by atoms with Crippen LogP contribution in [0.3, 0.4) is 0 Å². The Bertz CT molecular complexity index is 250. The number of hydrogen-bond donors (Lipinski definition) is 0. The Labute approximate surface area is 116 Å². The monoisotopic (exact) mass is 273 g/mol. The van der Waals surface area contributed by atoms with E-state index in [-0.39, 0.29) is 12.3 Å². The molecule has 1 saturated carbocycles. The van der Waals surface area contributed by atoms with Gasteiger partial charge in [-0.25, -0.2) is 0 Å². The molecular formula is C14H27NO4. The van der Waals surface area contributed by atoms with E-state index in [9.17, 15) is 4.79 Å². The van der Waals surface area contributed by atoms with Crippen LogP contribution in [0.25, 0.3) is 0 Å². The van der Waals surface area contributed by atoms with Crippen LogP contribution in [0.15, 0.2) is 0 Å². The lowest BCUT2D eigenvalue weighted by Gasteiger charge is -2.24. The second-order valence-electron chi connectivity index (χ2n) is 4.64. The molecule has 0 bridgehead atoms. The molecule has 0 aromatic heterocycles. The van der Waals surface area contributed by atoms with Crippen LogP contribution in [0.1, 0.15) is 40.0 Å². The highest BCUT2D eigenvalue weighted by molar-refractivity contribution is 5.71. The number of carbonyl (C=O) groups excluding carboxylic acids is 1. The molecule has 0 radical (unpaired) electrons. The molecular weight excluding hydrogens is 246 g/mol. The normalized spacial score (nSPS) is 15.2. The molecule has 1 aliphatic rings. The highest BCUT2D eigenvalue weighted by Crippen LogP contribution is 2.27. The standard InChI is InChI=1S/C14H27NO4/c1-4-17-13(16)11-15(12-7-8-12)10-9-14(18-5-2)19-6-3/h12,14H,4-11H2,1-3H3. The average molecular weight is 273 g/mol. The van der Waals surface area contributed by atoms with Crippen molar-refractivity contribution in [2.24, 2.45) is 0 Å². The molecule has 0 N–H and O–H groups in total. The van der Waals surface area contributed by atoms with E-state index in [2.05, 4.69) is 4.90 Å². The fourth-order valence-electron chi connectivity index (χ4n) is 2.06. The summed E-state index contributed by atoms with van der Waals surface area (Å²) < 4.78 is 16.0. The van der Waals surface area contributed by atoms with Gasteiger partial charge in [-0.1, -0.05) is 0 Å². The number of esters is 1. The van der Waals surface area contributed by atoms with Crippen molar-refractivity contribution in [1.82, 2.24) is 4.90 Å². The maximum atomic E-state index is 11.6. The molecule has 0 amide bonds. The Morgan fingerprint density at radius 3 is 2.26 bits per heavy atom. The summed E-state index contributed by atoms with van der Waals surface area (Å²) in [5, 5.41) is 0. The zero-order valence-corrected chi connectivity index (χ0v) is 12.4. The summed E-state index contributed by atoms with van der Waals surface area (Å²) in [6.07, 6.45) is 2.97. The first kappa shape index (κ1) is 16.4. The molecule has 0 saturated heterocycles. The minimum atomic E-state index is -0.168. The first-order chi connectivity index (χ1) is 9.21. The Kier molecular flexibility index (Phi) is 8.02. The van der Waals surface area contributed by atoms with Crippen LogP contribution < -0.4 is 0 Å². The largest absolute Gasteiger partial charge is 0.465 e. The number of hydrogen-bond acceptors (Lipinski definition) is 5. The number of nitrogens with zero attached hydrogens (tertiary/aromatic N) is 1. The highest BCUT2D eigenvalue weighted by atomic mass is 16.7. The Morgan fingerprint density at radius 1 is 1.16 bits per heavy atom. The van der Waals surface area contributed by atoms with Crippen LogP contribution in [0.4, 0.5) is 0 Å². The number of carbonyl (C=O) groups is 1.